The molecule has 4 rings (SSSR count). The summed E-state index contributed by atoms with van der Waals surface area (Å²) in [5, 5.41) is 13.4. The van der Waals surface area contributed by atoms with Crippen molar-refractivity contribution < 1.29 is 24.2 Å². The second-order valence-electron chi connectivity index (χ2n) is 7.35. The number of ketones is 1. The molecule has 1 unspecified atom stereocenters. The number of methoxy groups -OCH3 is 1. The highest BCUT2D eigenvalue weighted by Gasteiger charge is 2.46. The SMILES string of the molecule is CCOc1ccc(Cl)c(/C(O)=C2\C(=O)C(=O)N(Cc3cccs3)C2c2ccc(OC)cc2)c1. The molecule has 0 saturated carbocycles. The van der Waals surface area contributed by atoms with E-state index in [1.807, 2.05) is 24.4 Å². The Bertz CT molecular complexity index is 1200. The van der Waals surface area contributed by atoms with E-state index in [0.717, 1.165) is 4.88 Å². The summed E-state index contributed by atoms with van der Waals surface area (Å²) in [7, 11) is 1.56. The fourth-order valence-corrected chi connectivity index (χ4v) is 4.74. The van der Waals surface area contributed by atoms with E-state index in [1.165, 1.54) is 16.2 Å². The minimum absolute atomic E-state index is 0.0164. The lowest BCUT2D eigenvalue weighted by atomic mass is 9.95. The zero-order chi connectivity index (χ0) is 23.5. The monoisotopic (exact) mass is 483 g/mol. The van der Waals surface area contributed by atoms with Gasteiger partial charge in [0.25, 0.3) is 11.7 Å². The minimum atomic E-state index is -0.787. The zero-order valence-corrected chi connectivity index (χ0v) is 19.7. The van der Waals surface area contributed by atoms with Crippen LogP contribution in [0.3, 0.4) is 0 Å². The van der Waals surface area contributed by atoms with Gasteiger partial charge in [0.1, 0.15) is 17.3 Å². The summed E-state index contributed by atoms with van der Waals surface area (Å²) in [4.78, 5) is 28.7. The van der Waals surface area contributed by atoms with Crippen LogP contribution in [0, 0.1) is 0 Å². The average Bonchev–Trinajstić information content (AvgIpc) is 3.42. The molecule has 1 aliphatic rings. The average molecular weight is 484 g/mol. The molecule has 3 aromatic rings. The number of ether oxygens (including phenoxy) is 2. The molecule has 1 atom stereocenters. The number of benzene rings is 2. The van der Waals surface area contributed by atoms with Crippen molar-refractivity contribution in [1.29, 1.82) is 0 Å². The van der Waals surface area contributed by atoms with Gasteiger partial charge < -0.3 is 19.5 Å². The van der Waals surface area contributed by atoms with Crippen molar-refractivity contribution in [3.63, 3.8) is 0 Å². The van der Waals surface area contributed by atoms with Crippen molar-refractivity contribution in [3.05, 3.63) is 86.6 Å². The molecule has 0 spiro atoms. The Labute approximate surface area is 200 Å². The van der Waals surface area contributed by atoms with Gasteiger partial charge in [-0.25, -0.2) is 0 Å². The molecule has 0 bridgehead atoms. The van der Waals surface area contributed by atoms with Crippen molar-refractivity contribution in [2.24, 2.45) is 0 Å². The molecule has 1 N–H and O–H groups in total. The van der Waals surface area contributed by atoms with Gasteiger partial charge in [-0.3, -0.25) is 9.59 Å². The highest BCUT2D eigenvalue weighted by molar-refractivity contribution is 7.09. The second kappa shape index (κ2) is 9.68. The predicted octanol–water partition coefficient (Wildman–Crippen LogP) is 5.43. The Morgan fingerprint density at radius 3 is 2.48 bits per heavy atom. The Hall–Kier alpha value is -3.29. The molecule has 1 aliphatic heterocycles. The van der Waals surface area contributed by atoms with E-state index in [4.69, 9.17) is 21.1 Å². The third-order valence-corrected chi connectivity index (χ3v) is 6.57. The number of nitrogens with zero attached hydrogens (tertiary/aromatic N) is 1. The number of thiophene rings is 1. The molecule has 2 aromatic carbocycles. The van der Waals surface area contributed by atoms with Crippen LogP contribution in [0.5, 0.6) is 11.5 Å². The van der Waals surface area contributed by atoms with E-state index in [1.54, 1.807) is 49.6 Å². The van der Waals surface area contributed by atoms with Gasteiger partial charge in [-0.15, -0.1) is 11.3 Å². The summed E-state index contributed by atoms with van der Waals surface area (Å²) < 4.78 is 10.8. The Kier molecular flexibility index (Phi) is 6.72. The quantitative estimate of drug-likeness (QED) is 0.275. The first kappa shape index (κ1) is 22.9. The van der Waals surface area contributed by atoms with E-state index >= 15 is 0 Å². The molecule has 1 fully saturated rings. The van der Waals surface area contributed by atoms with Gasteiger partial charge in [0.2, 0.25) is 0 Å². The number of carbonyl (C=O) groups is 2. The summed E-state index contributed by atoms with van der Waals surface area (Å²) in [5.41, 5.74) is 0.887. The molecular weight excluding hydrogens is 462 g/mol. The van der Waals surface area contributed by atoms with Crippen LogP contribution in [-0.4, -0.2) is 35.4 Å². The van der Waals surface area contributed by atoms with E-state index in [9.17, 15) is 14.7 Å². The highest BCUT2D eigenvalue weighted by Crippen LogP contribution is 2.42. The predicted molar refractivity (Wildman–Crippen MR) is 128 cm³/mol. The molecule has 1 amide bonds. The number of Topliss-reactive ketones (excluding diaryl/α,β-unsaturated/α-hetero) is 1. The van der Waals surface area contributed by atoms with E-state index in [0.29, 0.717) is 23.7 Å². The van der Waals surface area contributed by atoms with Crippen molar-refractivity contribution in [2.75, 3.05) is 13.7 Å². The molecule has 33 heavy (non-hydrogen) atoms. The van der Waals surface area contributed by atoms with Crippen LogP contribution in [0.1, 0.15) is 29.0 Å². The Morgan fingerprint density at radius 1 is 1.12 bits per heavy atom. The molecule has 0 radical (unpaired) electrons. The third-order valence-electron chi connectivity index (χ3n) is 5.38. The van der Waals surface area contributed by atoms with Crippen molar-refractivity contribution >= 4 is 40.4 Å². The number of carbonyl (C=O) groups excluding carboxylic acids is 2. The summed E-state index contributed by atoms with van der Waals surface area (Å²) in [6.07, 6.45) is 0. The molecule has 6 nitrogen and oxygen atoms in total. The maximum absolute atomic E-state index is 13.2. The number of aliphatic hydroxyl groups excluding tert-OH is 1. The van der Waals surface area contributed by atoms with Gasteiger partial charge in [0.05, 0.1) is 36.9 Å². The normalized spacial score (nSPS) is 17.4. The van der Waals surface area contributed by atoms with E-state index in [-0.39, 0.29) is 28.5 Å². The number of halogens is 1. The number of amides is 1. The zero-order valence-electron chi connectivity index (χ0n) is 18.1. The standard InChI is InChI=1S/C25H22ClNO5S/c1-3-32-17-10-11-20(26)19(13-17)23(28)21-22(15-6-8-16(31-2)9-7-15)27(25(30)24(21)29)14-18-5-4-12-33-18/h4-13,22,28H,3,14H2,1-2H3/b23-21+. The first-order valence-corrected chi connectivity index (χ1v) is 11.6. The lowest BCUT2D eigenvalue weighted by Crippen LogP contribution is -2.28. The Balaban J connectivity index is 1.87. The summed E-state index contributed by atoms with van der Waals surface area (Å²) in [5.74, 6) is -0.640. The van der Waals surface area contributed by atoms with Gasteiger partial charge in [0.15, 0.2) is 0 Å². The van der Waals surface area contributed by atoms with Gasteiger partial charge in [-0.05, 0) is 54.3 Å². The first-order valence-electron chi connectivity index (χ1n) is 10.3. The number of likely N-dealkylation sites (tertiary alicyclic amines) is 1. The van der Waals surface area contributed by atoms with Crippen LogP contribution >= 0.6 is 22.9 Å². The molecule has 8 heteroatoms. The lowest BCUT2D eigenvalue weighted by molar-refractivity contribution is -0.140. The maximum atomic E-state index is 13.2. The van der Waals surface area contributed by atoms with Crippen molar-refractivity contribution in [1.82, 2.24) is 4.90 Å². The number of hydrogen-bond donors (Lipinski definition) is 1. The smallest absolute Gasteiger partial charge is 0.295 e. The molecule has 1 saturated heterocycles. The van der Waals surface area contributed by atoms with Crippen molar-refractivity contribution in [2.45, 2.75) is 19.5 Å². The molecule has 2 heterocycles. The molecule has 1 aromatic heterocycles. The summed E-state index contributed by atoms with van der Waals surface area (Å²) in [6, 6.07) is 14.9. The summed E-state index contributed by atoms with van der Waals surface area (Å²) in [6.45, 7) is 2.51. The first-order chi connectivity index (χ1) is 15.9. The van der Waals surface area contributed by atoms with Crippen LogP contribution in [0.15, 0.2) is 65.6 Å². The largest absolute Gasteiger partial charge is 0.507 e. The fourth-order valence-electron chi connectivity index (χ4n) is 3.83. The Morgan fingerprint density at radius 2 is 1.85 bits per heavy atom. The van der Waals surface area contributed by atoms with E-state index < -0.39 is 17.7 Å². The van der Waals surface area contributed by atoms with Gasteiger partial charge >= 0.3 is 0 Å². The van der Waals surface area contributed by atoms with Crippen LogP contribution in [0.2, 0.25) is 5.02 Å². The van der Waals surface area contributed by atoms with Gasteiger partial charge in [-0.2, -0.15) is 0 Å². The topological polar surface area (TPSA) is 76.1 Å². The highest BCUT2D eigenvalue weighted by atomic mass is 35.5. The van der Waals surface area contributed by atoms with E-state index in [2.05, 4.69) is 0 Å². The number of hydrogen-bond acceptors (Lipinski definition) is 6. The third kappa shape index (κ3) is 4.47. The van der Waals surface area contributed by atoms with Gasteiger partial charge in [0, 0.05) is 10.4 Å². The summed E-state index contributed by atoms with van der Waals surface area (Å²) >= 11 is 7.85. The van der Waals surface area contributed by atoms with Crippen LogP contribution in [0.25, 0.3) is 5.76 Å². The second-order valence-corrected chi connectivity index (χ2v) is 8.79. The maximum Gasteiger partial charge on any atom is 0.295 e. The molecular formula is C25H22ClNO5S. The van der Waals surface area contributed by atoms with Crippen LogP contribution in [0.4, 0.5) is 0 Å². The minimum Gasteiger partial charge on any atom is -0.507 e. The fraction of sp³-hybridized carbons (Fsp3) is 0.200. The van der Waals surface area contributed by atoms with Crippen molar-refractivity contribution in [3.8, 4) is 11.5 Å². The number of rotatable bonds is 7. The molecule has 170 valence electrons. The lowest BCUT2D eigenvalue weighted by Gasteiger charge is -2.25. The molecule has 0 aliphatic carbocycles. The van der Waals surface area contributed by atoms with Gasteiger partial charge in [-0.1, -0.05) is 29.8 Å². The van der Waals surface area contributed by atoms with Crippen LogP contribution < -0.4 is 9.47 Å². The number of aliphatic hydroxyl groups is 1. The van der Waals surface area contributed by atoms with Crippen LogP contribution in [-0.2, 0) is 16.1 Å².